The van der Waals surface area contributed by atoms with Crippen LogP contribution in [-0.2, 0) is 16.0 Å². The van der Waals surface area contributed by atoms with Crippen LogP contribution < -0.4 is 0 Å². The SMILES string of the molecule is O=C(c1cn(CCCCC2CCOCC2)c2cc(O)ccc12)N1CCOCC1. The third-order valence-corrected chi connectivity index (χ3v) is 6.00. The molecule has 2 aromatic rings. The molecule has 2 aliphatic heterocycles. The lowest BCUT2D eigenvalue weighted by Gasteiger charge is -2.26. The van der Waals surface area contributed by atoms with Gasteiger partial charge in [0.1, 0.15) is 5.75 Å². The van der Waals surface area contributed by atoms with Crippen molar-refractivity contribution in [3.8, 4) is 5.75 Å². The molecular formula is C22H30N2O4. The topological polar surface area (TPSA) is 63.9 Å². The fourth-order valence-electron chi connectivity index (χ4n) is 4.32. The number of fused-ring (bicyclic) bond motifs is 1. The Morgan fingerprint density at radius 1 is 1.07 bits per heavy atom. The lowest BCUT2D eigenvalue weighted by molar-refractivity contribution is 0.0304. The molecule has 1 N–H and O–H groups in total. The minimum atomic E-state index is 0.0555. The van der Waals surface area contributed by atoms with Crippen LogP contribution in [-0.4, -0.2) is 60.0 Å². The van der Waals surface area contributed by atoms with Crippen molar-refractivity contribution in [1.82, 2.24) is 9.47 Å². The summed E-state index contributed by atoms with van der Waals surface area (Å²) in [6.45, 7) is 5.12. The monoisotopic (exact) mass is 386 g/mol. The molecule has 4 rings (SSSR count). The van der Waals surface area contributed by atoms with Gasteiger partial charge in [-0.05, 0) is 37.3 Å². The number of unbranched alkanes of at least 4 members (excludes halogenated alkanes) is 1. The smallest absolute Gasteiger partial charge is 0.256 e. The molecule has 0 spiro atoms. The summed E-state index contributed by atoms with van der Waals surface area (Å²) < 4.78 is 12.9. The molecule has 0 radical (unpaired) electrons. The number of morpholine rings is 1. The van der Waals surface area contributed by atoms with Gasteiger partial charge in [0.15, 0.2) is 0 Å². The second kappa shape index (κ2) is 8.97. The number of carbonyl (C=O) groups excluding carboxylic acids is 1. The van der Waals surface area contributed by atoms with Crippen molar-refractivity contribution in [2.75, 3.05) is 39.5 Å². The molecule has 0 saturated carbocycles. The molecular weight excluding hydrogens is 356 g/mol. The van der Waals surface area contributed by atoms with Crippen molar-refractivity contribution >= 4 is 16.8 Å². The number of amides is 1. The molecule has 2 fully saturated rings. The number of aryl methyl sites for hydroxylation is 1. The van der Waals surface area contributed by atoms with Crippen LogP contribution in [0, 0.1) is 5.92 Å². The standard InChI is InChI=1S/C22H30N2O4/c25-18-4-5-19-20(22(26)23-9-13-28-14-10-23)16-24(21(19)15-18)8-2-1-3-17-6-11-27-12-7-17/h4-5,15-17,25H,1-3,6-14H2. The molecule has 3 heterocycles. The molecule has 0 bridgehead atoms. The van der Waals surface area contributed by atoms with Gasteiger partial charge in [-0.25, -0.2) is 0 Å². The van der Waals surface area contributed by atoms with Gasteiger partial charge in [-0.15, -0.1) is 0 Å². The third-order valence-electron chi connectivity index (χ3n) is 6.00. The maximum Gasteiger partial charge on any atom is 0.256 e. The molecule has 0 unspecified atom stereocenters. The summed E-state index contributed by atoms with van der Waals surface area (Å²) >= 11 is 0. The Kier molecular flexibility index (Phi) is 6.17. The van der Waals surface area contributed by atoms with E-state index in [2.05, 4.69) is 4.57 Å². The first kappa shape index (κ1) is 19.3. The van der Waals surface area contributed by atoms with E-state index in [9.17, 15) is 9.90 Å². The number of aromatic nitrogens is 1. The van der Waals surface area contributed by atoms with Crippen molar-refractivity contribution in [2.24, 2.45) is 5.92 Å². The first-order valence-corrected chi connectivity index (χ1v) is 10.5. The minimum absolute atomic E-state index is 0.0555. The molecule has 0 aliphatic carbocycles. The molecule has 2 aliphatic rings. The molecule has 1 aromatic heterocycles. The number of carbonyl (C=O) groups is 1. The molecule has 1 amide bonds. The molecule has 2 saturated heterocycles. The fourth-order valence-corrected chi connectivity index (χ4v) is 4.32. The zero-order valence-corrected chi connectivity index (χ0v) is 16.4. The van der Waals surface area contributed by atoms with E-state index in [4.69, 9.17) is 9.47 Å². The van der Waals surface area contributed by atoms with Crippen molar-refractivity contribution in [3.63, 3.8) is 0 Å². The number of hydrogen-bond acceptors (Lipinski definition) is 4. The van der Waals surface area contributed by atoms with Gasteiger partial charge in [-0.3, -0.25) is 4.79 Å². The Labute approximate surface area is 166 Å². The molecule has 28 heavy (non-hydrogen) atoms. The highest BCUT2D eigenvalue weighted by atomic mass is 16.5. The van der Waals surface area contributed by atoms with E-state index in [0.717, 1.165) is 48.6 Å². The maximum absolute atomic E-state index is 13.0. The molecule has 1 aromatic carbocycles. The number of rotatable bonds is 6. The van der Waals surface area contributed by atoms with E-state index < -0.39 is 0 Å². The normalized spacial score (nSPS) is 18.6. The van der Waals surface area contributed by atoms with E-state index in [0.29, 0.717) is 26.3 Å². The number of phenolic OH excluding ortho intramolecular Hbond substituents is 1. The molecule has 152 valence electrons. The summed E-state index contributed by atoms with van der Waals surface area (Å²) in [5, 5.41) is 10.9. The number of nitrogens with zero attached hydrogens (tertiary/aromatic N) is 2. The fraction of sp³-hybridized carbons (Fsp3) is 0.591. The van der Waals surface area contributed by atoms with Crippen molar-refractivity contribution < 1.29 is 19.4 Å². The highest BCUT2D eigenvalue weighted by Gasteiger charge is 2.23. The highest BCUT2D eigenvalue weighted by Crippen LogP contribution is 2.28. The summed E-state index contributed by atoms with van der Waals surface area (Å²) in [6, 6.07) is 5.29. The van der Waals surface area contributed by atoms with Crippen molar-refractivity contribution in [2.45, 2.75) is 38.6 Å². The number of hydrogen-bond donors (Lipinski definition) is 1. The zero-order chi connectivity index (χ0) is 19.3. The average molecular weight is 386 g/mol. The van der Waals surface area contributed by atoms with E-state index in [-0.39, 0.29) is 11.7 Å². The Morgan fingerprint density at radius 3 is 2.61 bits per heavy atom. The lowest BCUT2D eigenvalue weighted by atomic mass is 9.94. The number of aromatic hydroxyl groups is 1. The predicted octanol–water partition coefficient (Wildman–Crippen LogP) is 3.42. The van der Waals surface area contributed by atoms with Crippen molar-refractivity contribution in [3.05, 3.63) is 30.0 Å². The van der Waals surface area contributed by atoms with Crippen LogP contribution >= 0.6 is 0 Å². The van der Waals surface area contributed by atoms with Gasteiger partial charge in [-0.1, -0.05) is 12.8 Å². The van der Waals surface area contributed by atoms with Crippen LogP contribution in [0.5, 0.6) is 5.75 Å². The van der Waals surface area contributed by atoms with E-state index in [1.54, 1.807) is 12.1 Å². The largest absolute Gasteiger partial charge is 0.508 e. The zero-order valence-electron chi connectivity index (χ0n) is 16.4. The summed E-state index contributed by atoms with van der Waals surface area (Å²) in [4.78, 5) is 14.9. The Morgan fingerprint density at radius 2 is 1.82 bits per heavy atom. The molecule has 0 atom stereocenters. The first-order valence-electron chi connectivity index (χ1n) is 10.5. The Balaban J connectivity index is 1.46. The highest BCUT2D eigenvalue weighted by molar-refractivity contribution is 6.07. The number of benzene rings is 1. The van der Waals surface area contributed by atoms with Crippen LogP contribution in [0.2, 0.25) is 0 Å². The summed E-state index contributed by atoms with van der Waals surface area (Å²) in [5.74, 6) is 1.08. The van der Waals surface area contributed by atoms with Crippen molar-refractivity contribution in [1.29, 1.82) is 0 Å². The second-order valence-corrected chi connectivity index (χ2v) is 7.89. The van der Waals surface area contributed by atoms with Gasteiger partial charge >= 0.3 is 0 Å². The lowest BCUT2D eigenvalue weighted by Crippen LogP contribution is -2.40. The first-order chi connectivity index (χ1) is 13.7. The quantitative estimate of drug-likeness (QED) is 0.773. The van der Waals surface area contributed by atoms with Crippen LogP contribution in [0.1, 0.15) is 42.5 Å². The number of phenols is 1. The van der Waals surface area contributed by atoms with Crippen LogP contribution in [0.15, 0.2) is 24.4 Å². The minimum Gasteiger partial charge on any atom is -0.508 e. The third kappa shape index (κ3) is 4.33. The van der Waals surface area contributed by atoms with Crippen LogP contribution in [0.4, 0.5) is 0 Å². The molecule has 6 heteroatoms. The van der Waals surface area contributed by atoms with Crippen LogP contribution in [0.3, 0.4) is 0 Å². The van der Waals surface area contributed by atoms with Gasteiger partial charge in [-0.2, -0.15) is 0 Å². The van der Waals surface area contributed by atoms with Gasteiger partial charge in [0.2, 0.25) is 0 Å². The maximum atomic E-state index is 13.0. The molecule has 6 nitrogen and oxygen atoms in total. The predicted molar refractivity (Wildman–Crippen MR) is 108 cm³/mol. The van der Waals surface area contributed by atoms with E-state index in [1.807, 2.05) is 17.2 Å². The summed E-state index contributed by atoms with van der Waals surface area (Å²) in [7, 11) is 0. The summed E-state index contributed by atoms with van der Waals surface area (Å²) in [5.41, 5.74) is 1.66. The Bertz CT molecular complexity index is 804. The van der Waals surface area contributed by atoms with Crippen LogP contribution in [0.25, 0.3) is 10.9 Å². The van der Waals surface area contributed by atoms with Gasteiger partial charge in [0.05, 0.1) is 24.3 Å². The van der Waals surface area contributed by atoms with Gasteiger partial charge < -0.3 is 24.0 Å². The average Bonchev–Trinajstić information content (AvgIpc) is 3.10. The van der Waals surface area contributed by atoms with E-state index >= 15 is 0 Å². The van der Waals surface area contributed by atoms with E-state index in [1.165, 1.54) is 25.7 Å². The second-order valence-electron chi connectivity index (χ2n) is 7.89. The summed E-state index contributed by atoms with van der Waals surface area (Å²) in [6.07, 6.45) is 7.82. The Hall–Kier alpha value is -2.05. The van der Waals surface area contributed by atoms with Gasteiger partial charge in [0.25, 0.3) is 5.91 Å². The number of ether oxygens (including phenoxy) is 2. The van der Waals surface area contributed by atoms with Gasteiger partial charge in [0, 0.05) is 50.5 Å².